The monoisotopic (exact) mass is 566 g/mol. The van der Waals surface area contributed by atoms with Crippen molar-refractivity contribution in [3.63, 3.8) is 0 Å². The topological polar surface area (TPSA) is 128 Å². The number of halogens is 1. The van der Waals surface area contributed by atoms with E-state index in [2.05, 4.69) is 5.32 Å². The van der Waals surface area contributed by atoms with E-state index >= 15 is 0 Å². The molecule has 1 aliphatic heterocycles. The molecule has 1 N–H and O–H groups in total. The van der Waals surface area contributed by atoms with Crippen LogP contribution in [0, 0.1) is 6.92 Å². The van der Waals surface area contributed by atoms with Gasteiger partial charge in [-0.1, -0.05) is 29.8 Å². The molecule has 0 unspecified atom stereocenters. The fourth-order valence-electron chi connectivity index (χ4n) is 4.48. The van der Waals surface area contributed by atoms with E-state index in [1.807, 2.05) is 0 Å². The first kappa shape index (κ1) is 27.0. The first-order valence-electron chi connectivity index (χ1n) is 11.3. The summed E-state index contributed by atoms with van der Waals surface area (Å²) in [5.41, 5.74) is -0.615. The van der Waals surface area contributed by atoms with Crippen LogP contribution in [-0.4, -0.2) is 56.2 Å². The Kier molecular flexibility index (Phi) is 6.80. The van der Waals surface area contributed by atoms with Gasteiger partial charge in [0.1, 0.15) is 10.6 Å². The lowest BCUT2D eigenvalue weighted by Crippen LogP contribution is -2.47. The zero-order valence-electron chi connectivity index (χ0n) is 20.7. The Morgan fingerprint density at radius 1 is 1.16 bits per heavy atom. The lowest BCUT2D eigenvalue weighted by atomic mass is 10.0. The molecule has 37 heavy (non-hydrogen) atoms. The van der Waals surface area contributed by atoms with Crippen molar-refractivity contribution in [3.05, 3.63) is 75.2 Å². The molecule has 10 nitrogen and oxygen atoms in total. The maximum Gasteiger partial charge on any atom is 0.296 e. The number of benzene rings is 2. The lowest BCUT2D eigenvalue weighted by molar-refractivity contribution is 0.0915. The molecule has 198 valence electrons. The van der Waals surface area contributed by atoms with Gasteiger partial charge in [0.15, 0.2) is 9.84 Å². The Bertz CT molecular complexity index is 1660. The minimum absolute atomic E-state index is 0.00613. The molecule has 2 aromatic carbocycles. The Hall–Kier alpha value is -3.09. The van der Waals surface area contributed by atoms with Crippen LogP contribution in [0.3, 0.4) is 0 Å². The molecule has 1 saturated heterocycles. The Morgan fingerprint density at radius 3 is 2.41 bits per heavy atom. The van der Waals surface area contributed by atoms with Crippen molar-refractivity contribution in [3.8, 4) is 5.69 Å². The number of amides is 1. The van der Waals surface area contributed by atoms with E-state index in [9.17, 15) is 26.4 Å². The Labute approximate surface area is 220 Å². The highest BCUT2D eigenvalue weighted by Crippen LogP contribution is 2.30. The zero-order chi connectivity index (χ0) is 27.3. The number of hydrogen-bond donors (Lipinski definition) is 1. The quantitative estimate of drug-likeness (QED) is 0.487. The van der Waals surface area contributed by atoms with Gasteiger partial charge in [-0.25, -0.2) is 21.5 Å². The molecule has 3 aromatic rings. The van der Waals surface area contributed by atoms with E-state index in [1.54, 1.807) is 55.9 Å². The van der Waals surface area contributed by atoms with Crippen molar-refractivity contribution >= 4 is 43.1 Å². The number of rotatable bonds is 6. The van der Waals surface area contributed by atoms with Crippen LogP contribution >= 0.6 is 11.6 Å². The molecule has 0 spiro atoms. The van der Waals surface area contributed by atoms with Gasteiger partial charge >= 0.3 is 0 Å². The molecule has 0 aliphatic carbocycles. The van der Waals surface area contributed by atoms with Gasteiger partial charge in [-0.05, 0) is 50.6 Å². The fraction of sp³-hybridized carbons (Fsp3) is 0.333. The van der Waals surface area contributed by atoms with Gasteiger partial charge in [-0.15, -0.1) is 0 Å². The number of sulfone groups is 1. The van der Waals surface area contributed by atoms with Gasteiger partial charge in [0, 0.05) is 19.7 Å². The van der Waals surface area contributed by atoms with E-state index in [-0.39, 0.29) is 39.1 Å². The minimum Gasteiger partial charge on any atom is -0.346 e. The Morgan fingerprint density at radius 2 is 1.81 bits per heavy atom. The molecule has 0 radical (unpaired) electrons. The van der Waals surface area contributed by atoms with Crippen molar-refractivity contribution in [1.29, 1.82) is 0 Å². The van der Waals surface area contributed by atoms with Gasteiger partial charge in [0.2, 0.25) is 0 Å². The molecule has 1 fully saturated rings. The summed E-state index contributed by atoms with van der Waals surface area (Å²) in [4.78, 5) is 25.9. The Balaban J connectivity index is 1.72. The summed E-state index contributed by atoms with van der Waals surface area (Å²) in [6.07, 6.45) is 0.254. The molecular weight excluding hydrogens is 540 g/mol. The van der Waals surface area contributed by atoms with Crippen LogP contribution in [0.5, 0.6) is 0 Å². The summed E-state index contributed by atoms with van der Waals surface area (Å²) in [7, 11) is -4.73. The number of sulfonamides is 1. The molecule has 1 aliphatic rings. The highest BCUT2D eigenvalue weighted by atomic mass is 35.5. The number of aromatic nitrogens is 2. The van der Waals surface area contributed by atoms with Crippen LogP contribution in [0.25, 0.3) is 5.69 Å². The highest BCUT2D eigenvalue weighted by molar-refractivity contribution is 7.93. The lowest BCUT2D eigenvalue weighted by Gasteiger charge is -2.24. The second kappa shape index (κ2) is 9.34. The number of nitrogens with zero attached hydrogens (tertiary/aromatic N) is 3. The van der Waals surface area contributed by atoms with Crippen molar-refractivity contribution in [2.45, 2.75) is 30.7 Å². The molecule has 13 heteroatoms. The average Bonchev–Trinajstić information content (AvgIpc) is 3.23. The van der Waals surface area contributed by atoms with E-state index < -0.39 is 36.9 Å². The summed E-state index contributed by atoms with van der Waals surface area (Å²) >= 11 is 6.26. The fourth-order valence-corrected chi connectivity index (χ4v) is 8.32. The predicted octanol–water partition coefficient (Wildman–Crippen LogP) is 2.27. The van der Waals surface area contributed by atoms with Gasteiger partial charge in [0.25, 0.3) is 21.5 Å². The van der Waals surface area contributed by atoms with Crippen molar-refractivity contribution in [2.75, 3.05) is 22.9 Å². The number of hydrogen-bond acceptors (Lipinski definition) is 6. The highest BCUT2D eigenvalue weighted by Gasteiger charge is 2.40. The van der Waals surface area contributed by atoms with E-state index in [0.717, 1.165) is 10.4 Å². The largest absolute Gasteiger partial charge is 0.346 e. The van der Waals surface area contributed by atoms with Crippen LogP contribution in [0.1, 0.15) is 29.4 Å². The van der Waals surface area contributed by atoms with E-state index in [0.29, 0.717) is 11.4 Å². The van der Waals surface area contributed by atoms with Gasteiger partial charge in [-0.3, -0.25) is 18.6 Å². The number of para-hydroxylation sites is 1. The molecule has 4 rings (SSSR count). The standard InChI is InChI=1S/C24H27ClN4O6S2/c1-16-21(23(31)29(27(16)3)18-8-6-5-7-9-18)28(4)37(34,35)20-14-17(10-11-19(20)25)22(30)26-24(2)12-13-36(32,33)15-24/h5-11,14H,12-13,15H2,1-4H3,(H,26,30)/t24-/m0/s1. The van der Waals surface area contributed by atoms with Crippen molar-refractivity contribution < 1.29 is 21.6 Å². The third-order valence-electron chi connectivity index (χ3n) is 6.59. The number of anilines is 1. The second-order valence-electron chi connectivity index (χ2n) is 9.38. The molecule has 0 bridgehead atoms. The van der Waals surface area contributed by atoms with E-state index in [1.165, 1.54) is 23.9 Å². The second-order valence-corrected chi connectivity index (χ2v) is 13.9. The SMILES string of the molecule is Cc1c(N(C)S(=O)(=O)c2cc(C(=O)N[C@@]3(C)CCS(=O)(=O)C3)ccc2Cl)c(=O)n(-c2ccccc2)n1C. The molecule has 2 heterocycles. The molecule has 1 atom stereocenters. The van der Waals surface area contributed by atoms with Crippen LogP contribution in [0.4, 0.5) is 5.69 Å². The van der Waals surface area contributed by atoms with Crippen LogP contribution in [0.15, 0.2) is 58.2 Å². The zero-order valence-corrected chi connectivity index (χ0v) is 23.1. The third-order valence-corrected chi connectivity index (χ3v) is 10.7. The van der Waals surface area contributed by atoms with Gasteiger partial charge in [-0.2, -0.15) is 0 Å². The average molecular weight is 567 g/mol. The molecular formula is C24H27ClN4O6S2. The maximum atomic E-state index is 13.7. The van der Waals surface area contributed by atoms with Crippen molar-refractivity contribution in [1.82, 2.24) is 14.7 Å². The summed E-state index contributed by atoms with van der Waals surface area (Å²) in [5.74, 6) is -0.863. The molecule has 1 aromatic heterocycles. The summed E-state index contributed by atoms with van der Waals surface area (Å²) in [6.45, 7) is 3.26. The first-order chi connectivity index (χ1) is 17.2. The minimum atomic E-state index is -4.37. The molecule has 0 saturated carbocycles. The summed E-state index contributed by atoms with van der Waals surface area (Å²) in [5, 5.41) is 2.58. The molecule has 1 amide bonds. The predicted molar refractivity (Wildman–Crippen MR) is 142 cm³/mol. The van der Waals surface area contributed by atoms with Gasteiger partial charge in [0.05, 0.1) is 33.4 Å². The maximum absolute atomic E-state index is 13.7. The first-order valence-corrected chi connectivity index (χ1v) is 15.0. The van der Waals surface area contributed by atoms with Crippen molar-refractivity contribution in [2.24, 2.45) is 7.05 Å². The summed E-state index contributed by atoms with van der Waals surface area (Å²) in [6, 6.07) is 12.6. The van der Waals surface area contributed by atoms with Crippen LogP contribution < -0.4 is 15.2 Å². The number of nitrogens with one attached hydrogen (secondary N) is 1. The third kappa shape index (κ3) is 4.92. The van der Waals surface area contributed by atoms with Crippen LogP contribution in [0.2, 0.25) is 5.02 Å². The smallest absolute Gasteiger partial charge is 0.296 e. The van der Waals surface area contributed by atoms with E-state index in [4.69, 9.17) is 11.6 Å². The number of carbonyl (C=O) groups is 1. The van der Waals surface area contributed by atoms with Crippen LogP contribution in [-0.2, 0) is 26.9 Å². The normalized spacial score (nSPS) is 19.1. The summed E-state index contributed by atoms with van der Waals surface area (Å²) < 4.78 is 54.9. The number of carbonyl (C=O) groups excluding carboxylic acids is 1. The van der Waals surface area contributed by atoms with Gasteiger partial charge < -0.3 is 5.32 Å².